The molecule has 166 valence electrons. The van der Waals surface area contributed by atoms with Gasteiger partial charge in [0.2, 0.25) is 5.91 Å². The van der Waals surface area contributed by atoms with Crippen molar-refractivity contribution >= 4 is 11.9 Å². The molecule has 0 spiro atoms. The second kappa shape index (κ2) is 9.26. The normalized spacial score (nSPS) is 15.2. The Hall–Kier alpha value is -3.61. The predicted octanol–water partition coefficient (Wildman–Crippen LogP) is 3.54. The Kier molecular flexibility index (Phi) is 6.25. The minimum absolute atomic E-state index is 0.112. The zero-order valence-corrected chi connectivity index (χ0v) is 18.5. The number of methoxy groups -OCH3 is 1. The fourth-order valence-electron chi connectivity index (χ4n) is 3.97. The van der Waals surface area contributed by atoms with Gasteiger partial charge in [-0.2, -0.15) is 0 Å². The fourth-order valence-corrected chi connectivity index (χ4v) is 3.97. The number of esters is 1. The quantitative estimate of drug-likeness (QED) is 0.552. The van der Waals surface area contributed by atoms with E-state index in [9.17, 15) is 9.59 Å². The highest BCUT2D eigenvalue weighted by Crippen LogP contribution is 2.25. The lowest BCUT2D eigenvalue weighted by atomic mass is 9.93. The van der Waals surface area contributed by atoms with Crippen molar-refractivity contribution in [2.45, 2.75) is 45.9 Å². The van der Waals surface area contributed by atoms with Gasteiger partial charge in [-0.05, 0) is 42.7 Å². The van der Waals surface area contributed by atoms with Gasteiger partial charge in [0, 0.05) is 13.0 Å². The molecule has 2 heterocycles. The SMILES string of the molecule is COC(=O)C1Cc2ccccc2CN1C(=O)Cc1ccc(OCc2c(C)noc2C)cc1. The number of hydrogen-bond acceptors (Lipinski definition) is 6. The average molecular weight is 434 g/mol. The first-order valence-corrected chi connectivity index (χ1v) is 10.5. The third-order valence-corrected chi connectivity index (χ3v) is 5.89. The molecule has 7 nitrogen and oxygen atoms in total. The van der Waals surface area contributed by atoms with E-state index in [1.165, 1.54) is 7.11 Å². The average Bonchev–Trinajstić information content (AvgIpc) is 3.14. The molecule has 1 aliphatic heterocycles. The van der Waals surface area contributed by atoms with E-state index in [1.807, 2.05) is 62.4 Å². The van der Waals surface area contributed by atoms with Crippen molar-refractivity contribution in [3.8, 4) is 5.75 Å². The Morgan fingerprint density at radius 2 is 1.81 bits per heavy atom. The summed E-state index contributed by atoms with van der Waals surface area (Å²) in [4.78, 5) is 27.1. The lowest BCUT2D eigenvalue weighted by Gasteiger charge is -2.35. The minimum atomic E-state index is -0.611. The molecule has 32 heavy (non-hydrogen) atoms. The molecule has 0 bridgehead atoms. The van der Waals surface area contributed by atoms with Crippen LogP contribution in [0, 0.1) is 13.8 Å². The summed E-state index contributed by atoms with van der Waals surface area (Å²) < 4.78 is 16.0. The molecular weight excluding hydrogens is 408 g/mol. The summed E-state index contributed by atoms with van der Waals surface area (Å²) in [5, 5.41) is 3.93. The third-order valence-electron chi connectivity index (χ3n) is 5.89. The highest BCUT2D eigenvalue weighted by Gasteiger charge is 2.35. The van der Waals surface area contributed by atoms with Gasteiger partial charge in [0.15, 0.2) is 0 Å². The van der Waals surface area contributed by atoms with Crippen LogP contribution in [0.15, 0.2) is 53.1 Å². The molecule has 1 unspecified atom stereocenters. The van der Waals surface area contributed by atoms with Crippen molar-refractivity contribution in [3.63, 3.8) is 0 Å². The highest BCUT2D eigenvalue weighted by molar-refractivity contribution is 5.86. The van der Waals surface area contributed by atoms with Gasteiger partial charge in [-0.25, -0.2) is 4.79 Å². The Morgan fingerprint density at radius 1 is 1.09 bits per heavy atom. The van der Waals surface area contributed by atoms with Crippen molar-refractivity contribution < 1.29 is 23.6 Å². The summed E-state index contributed by atoms with van der Waals surface area (Å²) >= 11 is 0. The van der Waals surface area contributed by atoms with E-state index in [1.54, 1.807) is 4.90 Å². The monoisotopic (exact) mass is 434 g/mol. The predicted molar refractivity (Wildman–Crippen MR) is 117 cm³/mol. The van der Waals surface area contributed by atoms with Gasteiger partial charge >= 0.3 is 5.97 Å². The number of benzene rings is 2. The maximum atomic E-state index is 13.1. The molecule has 1 amide bonds. The summed E-state index contributed by atoms with van der Waals surface area (Å²) in [5.41, 5.74) is 4.73. The standard InChI is InChI=1S/C25H26N2O5/c1-16-22(17(2)32-26-16)15-31-21-10-8-18(9-11-21)12-24(28)27-14-20-7-5-4-6-19(20)13-23(27)25(29)30-3/h4-11,23H,12-15H2,1-3H3. The Labute approximate surface area is 186 Å². The van der Waals surface area contributed by atoms with Crippen LogP contribution in [0.4, 0.5) is 0 Å². The van der Waals surface area contributed by atoms with Gasteiger partial charge < -0.3 is 18.9 Å². The van der Waals surface area contributed by atoms with Crippen LogP contribution in [-0.2, 0) is 40.3 Å². The fraction of sp³-hybridized carbons (Fsp3) is 0.320. The number of nitrogens with zero attached hydrogens (tertiary/aromatic N) is 2. The van der Waals surface area contributed by atoms with E-state index in [0.29, 0.717) is 25.3 Å². The van der Waals surface area contributed by atoms with Crippen LogP contribution in [0.2, 0.25) is 0 Å². The summed E-state index contributed by atoms with van der Waals surface area (Å²) in [6, 6.07) is 14.7. The molecular formula is C25H26N2O5. The first-order chi connectivity index (χ1) is 15.5. The Morgan fingerprint density at radius 3 is 2.47 bits per heavy atom. The smallest absolute Gasteiger partial charge is 0.328 e. The molecule has 7 heteroatoms. The van der Waals surface area contributed by atoms with Gasteiger partial charge in [-0.3, -0.25) is 4.79 Å². The van der Waals surface area contributed by atoms with Crippen molar-refractivity contribution in [1.29, 1.82) is 0 Å². The Bertz CT molecular complexity index is 1100. The summed E-state index contributed by atoms with van der Waals surface area (Å²) in [6.07, 6.45) is 0.656. The van der Waals surface area contributed by atoms with Crippen molar-refractivity contribution in [2.75, 3.05) is 7.11 Å². The van der Waals surface area contributed by atoms with Crippen LogP contribution in [0.25, 0.3) is 0 Å². The number of hydrogen-bond donors (Lipinski definition) is 0. The number of amides is 1. The van der Waals surface area contributed by atoms with Gasteiger partial charge in [0.1, 0.15) is 24.2 Å². The van der Waals surface area contributed by atoms with Gasteiger partial charge in [0.25, 0.3) is 0 Å². The van der Waals surface area contributed by atoms with E-state index < -0.39 is 12.0 Å². The largest absolute Gasteiger partial charge is 0.489 e. The zero-order valence-electron chi connectivity index (χ0n) is 18.5. The van der Waals surface area contributed by atoms with Crippen LogP contribution in [0.1, 0.15) is 33.7 Å². The molecule has 0 radical (unpaired) electrons. The van der Waals surface area contributed by atoms with Gasteiger partial charge in [0.05, 0.1) is 24.8 Å². The first-order valence-electron chi connectivity index (χ1n) is 10.5. The molecule has 1 atom stereocenters. The molecule has 1 aliphatic rings. The van der Waals surface area contributed by atoms with E-state index in [4.69, 9.17) is 14.0 Å². The number of aromatic nitrogens is 1. The second-order valence-electron chi connectivity index (χ2n) is 7.95. The number of aryl methyl sites for hydroxylation is 2. The first kappa shape index (κ1) is 21.6. The van der Waals surface area contributed by atoms with Crippen molar-refractivity contribution in [3.05, 3.63) is 82.2 Å². The van der Waals surface area contributed by atoms with Gasteiger partial charge in [-0.15, -0.1) is 0 Å². The van der Waals surface area contributed by atoms with E-state index in [2.05, 4.69) is 5.16 Å². The molecule has 1 aromatic heterocycles. The van der Waals surface area contributed by atoms with Crippen molar-refractivity contribution in [1.82, 2.24) is 10.1 Å². The zero-order chi connectivity index (χ0) is 22.7. The molecule has 0 N–H and O–H groups in total. The van der Waals surface area contributed by atoms with E-state index >= 15 is 0 Å². The van der Waals surface area contributed by atoms with Crippen LogP contribution in [0.5, 0.6) is 5.75 Å². The summed E-state index contributed by atoms with van der Waals surface area (Å²) in [5.74, 6) is 0.934. The molecule has 0 saturated carbocycles. The lowest BCUT2D eigenvalue weighted by molar-refractivity contribution is -0.153. The van der Waals surface area contributed by atoms with Crippen LogP contribution >= 0.6 is 0 Å². The molecule has 3 aromatic rings. The van der Waals surface area contributed by atoms with E-state index in [-0.39, 0.29) is 12.3 Å². The molecule has 2 aromatic carbocycles. The number of carbonyl (C=O) groups excluding carboxylic acids is 2. The number of carbonyl (C=O) groups is 2. The van der Waals surface area contributed by atoms with Gasteiger partial charge in [-0.1, -0.05) is 41.6 Å². The van der Waals surface area contributed by atoms with Crippen LogP contribution in [0.3, 0.4) is 0 Å². The van der Waals surface area contributed by atoms with E-state index in [0.717, 1.165) is 33.7 Å². The van der Waals surface area contributed by atoms with Crippen LogP contribution < -0.4 is 4.74 Å². The van der Waals surface area contributed by atoms with Crippen molar-refractivity contribution in [2.24, 2.45) is 0 Å². The second-order valence-corrected chi connectivity index (χ2v) is 7.95. The lowest BCUT2D eigenvalue weighted by Crippen LogP contribution is -2.49. The summed E-state index contributed by atoms with van der Waals surface area (Å²) in [6.45, 7) is 4.50. The molecule has 0 aliphatic carbocycles. The number of rotatable bonds is 6. The maximum Gasteiger partial charge on any atom is 0.328 e. The highest BCUT2D eigenvalue weighted by atomic mass is 16.5. The third kappa shape index (κ3) is 4.51. The maximum absolute atomic E-state index is 13.1. The number of ether oxygens (including phenoxy) is 2. The molecule has 0 saturated heterocycles. The summed E-state index contributed by atoms with van der Waals surface area (Å²) in [7, 11) is 1.35. The minimum Gasteiger partial charge on any atom is -0.489 e. The Balaban J connectivity index is 1.43. The topological polar surface area (TPSA) is 81.9 Å². The van der Waals surface area contributed by atoms with Crippen LogP contribution in [-0.4, -0.2) is 35.1 Å². The molecule has 4 rings (SSSR count). The number of fused-ring (bicyclic) bond motifs is 1. The molecule has 0 fully saturated rings.